The lowest BCUT2D eigenvalue weighted by Crippen LogP contribution is -2.28. The highest BCUT2D eigenvalue weighted by Crippen LogP contribution is 2.15. The molecule has 3 nitrogen and oxygen atoms in total. The molecule has 0 aliphatic carbocycles. The molecule has 0 amide bonds. The Morgan fingerprint density at radius 1 is 1.16 bits per heavy atom. The summed E-state index contributed by atoms with van der Waals surface area (Å²) in [5.41, 5.74) is 3.28. The van der Waals surface area contributed by atoms with Crippen molar-refractivity contribution < 1.29 is 0 Å². The van der Waals surface area contributed by atoms with E-state index in [9.17, 15) is 0 Å². The van der Waals surface area contributed by atoms with E-state index in [1.165, 1.54) is 5.56 Å². The van der Waals surface area contributed by atoms with Crippen molar-refractivity contribution >= 4 is 23.0 Å². The fourth-order valence-electron chi connectivity index (χ4n) is 1.79. The number of nitrogens with zero attached hydrogens (tertiary/aromatic N) is 1. The SMILES string of the molecule is CCc1ccccc1NC(=S)NCc1ccccn1. The zero-order chi connectivity index (χ0) is 13.5. The normalized spacial score (nSPS) is 9.95. The molecule has 0 spiro atoms. The zero-order valence-electron chi connectivity index (χ0n) is 10.9. The third kappa shape index (κ3) is 4.03. The van der Waals surface area contributed by atoms with E-state index in [0.29, 0.717) is 11.7 Å². The molecular weight excluding hydrogens is 254 g/mol. The van der Waals surface area contributed by atoms with Crippen LogP contribution in [0.25, 0.3) is 0 Å². The predicted molar refractivity (Wildman–Crippen MR) is 83.1 cm³/mol. The molecular formula is C15H17N3S. The number of hydrogen-bond acceptors (Lipinski definition) is 2. The van der Waals surface area contributed by atoms with Gasteiger partial charge in [-0.1, -0.05) is 31.2 Å². The molecule has 1 aromatic heterocycles. The van der Waals surface area contributed by atoms with Crippen LogP contribution in [0.3, 0.4) is 0 Å². The molecule has 98 valence electrons. The number of para-hydroxylation sites is 1. The molecule has 0 bridgehead atoms. The minimum atomic E-state index is 0.617. The summed E-state index contributed by atoms with van der Waals surface area (Å²) in [6.07, 6.45) is 2.76. The fourth-order valence-corrected chi connectivity index (χ4v) is 1.97. The van der Waals surface area contributed by atoms with E-state index in [2.05, 4.69) is 28.6 Å². The van der Waals surface area contributed by atoms with Crippen LogP contribution in [0, 0.1) is 0 Å². The van der Waals surface area contributed by atoms with Crippen LogP contribution in [0.1, 0.15) is 18.2 Å². The van der Waals surface area contributed by atoms with Crippen molar-refractivity contribution in [1.82, 2.24) is 10.3 Å². The summed E-state index contributed by atoms with van der Waals surface area (Å²) in [6.45, 7) is 2.76. The highest BCUT2D eigenvalue weighted by molar-refractivity contribution is 7.80. The number of aryl methyl sites for hydroxylation is 1. The van der Waals surface area contributed by atoms with E-state index in [1.54, 1.807) is 6.20 Å². The molecule has 19 heavy (non-hydrogen) atoms. The van der Waals surface area contributed by atoms with E-state index < -0.39 is 0 Å². The van der Waals surface area contributed by atoms with Crippen molar-refractivity contribution in [1.29, 1.82) is 0 Å². The largest absolute Gasteiger partial charge is 0.357 e. The number of pyridine rings is 1. The van der Waals surface area contributed by atoms with Crippen LogP contribution < -0.4 is 10.6 Å². The van der Waals surface area contributed by atoms with Gasteiger partial charge in [0.15, 0.2) is 5.11 Å². The third-order valence-electron chi connectivity index (χ3n) is 2.80. The van der Waals surface area contributed by atoms with Gasteiger partial charge in [0.25, 0.3) is 0 Å². The lowest BCUT2D eigenvalue weighted by atomic mass is 10.1. The number of aromatic nitrogens is 1. The Morgan fingerprint density at radius 3 is 2.68 bits per heavy atom. The average molecular weight is 271 g/mol. The van der Waals surface area contributed by atoms with Gasteiger partial charge in [-0.3, -0.25) is 4.98 Å². The molecule has 0 fully saturated rings. The van der Waals surface area contributed by atoms with Crippen molar-refractivity contribution in [3.8, 4) is 0 Å². The maximum atomic E-state index is 5.29. The zero-order valence-corrected chi connectivity index (χ0v) is 11.7. The summed E-state index contributed by atoms with van der Waals surface area (Å²) in [7, 11) is 0. The number of thiocarbonyl (C=S) groups is 1. The first-order valence-corrected chi connectivity index (χ1v) is 6.73. The van der Waals surface area contributed by atoms with Gasteiger partial charge in [-0.15, -0.1) is 0 Å². The number of hydrogen-bond donors (Lipinski definition) is 2. The van der Waals surface area contributed by atoms with Gasteiger partial charge in [-0.25, -0.2) is 0 Å². The highest BCUT2D eigenvalue weighted by atomic mass is 32.1. The molecule has 1 aromatic carbocycles. The first-order valence-electron chi connectivity index (χ1n) is 6.32. The molecule has 4 heteroatoms. The van der Waals surface area contributed by atoms with Gasteiger partial charge in [0.1, 0.15) is 0 Å². The van der Waals surface area contributed by atoms with Crippen molar-refractivity contribution in [2.45, 2.75) is 19.9 Å². The van der Waals surface area contributed by atoms with Gasteiger partial charge in [-0.05, 0) is 42.4 Å². The summed E-state index contributed by atoms with van der Waals surface area (Å²) in [4.78, 5) is 4.24. The average Bonchev–Trinajstić information content (AvgIpc) is 2.47. The van der Waals surface area contributed by atoms with Crippen molar-refractivity contribution in [3.63, 3.8) is 0 Å². The highest BCUT2D eigenvalue weighted by Gasteiger charge is 2.02. The Bertz CT molecular complexity index is 540. The Morgan fingerprint density at radius 2 is 1.95 bits per heavy atom. The second-order valence-corrected chi connectivity index (χ2v) is 4.55. The van der Waals surface area contributed by atoms with Crippen LogP contribution in [-0.2, 0) is 13.0 Å². The molecule has 0 saturated heterocycles. The quantitative estimate of drug-likeness (QED) is 0.838. The number of rotatable bonds is 4. The van der Waals surface area contributed by atoms with E-state index in [0.717, 1.165) is 17.8 Å². The summed E-state index contributed by atoms with van der Waals surface area (Å²) in [6, 6.07) is 14.0. The molecule has 0 aliphatic heterocycles. The van der Waals surface area contributed by atoms with Gasteiger partial charge >= 0.3 is 0 Å². The second-order valence-electron chi connectivity index (χ2n) is 4.14. The van der Waals surface area contributed by atoms with E-state index in [4.69, 9.17) is 12.2 Å². The lowest BCUT2D eigenvalue weighted by Gasteiger charge is -2.13. The first kappa shape index (κ1) is 13.5. The van der Waals surface area contributed by atoms with Crippen LogP contribution in [-0.4, -0.2) is 10.1 Å². The lowest BCUT2D eigenvalue weighted by molar-refractivity contribution is 0.882. The topological polar surface area (TPSA) is 37.0 Å². The second kappa shape index (κ2) is 6.85. The fraction of sp³-hybridized carbons (Fsp3) is 0.200. The molecule has 2 aromatic rings. The van der Waals surface area contributed by atoms with Crippen LogP contribution in [0.2, 0.25) is 0 Å². The number of benzene rings is 1. The summed E-state index contributed by atoms with van der Waals surface area (Å²) < 4.78 is 0. The summed E-state index contributed by atoms with van der Waals surface area (Å²) >= 11 is 5.29. The van der Waals surface area contributed by atoms with Gasteiger partial charge in [0.2, 0.25) is 0 Å². The predicted octanol–water partition coefficient (Wildman–Crippen LogP) is 3.13. The van der Waals surface area contributed by atoms with Gasteiger partial charge in [0, 0.05) is 11.9 Å². The van der Waals surface area contributed by atoms with Crippen LogP contribution in [0.4, 0.5) is 5.69 Å². The van der Waals surface area contributed by atoms with E-state index >= 15 is 0 Å². The standard InChI is InChI=1S/C15H17N3S/c1-2-12-7-3-4-9-14(12)18-15(19)17-11-13-8-5-6-10-16-13/h3-10H,2,11H2,1H3,(H2,17,18,19). The molecule has 0 atom stereocenters. The monoisotopic (exact) mass is 271 g/mol. The molecule has 0 saturated carbocycles. The smallest absolute Gasteiger partial charge is 0.171 e. The Hall–Kier alpha value is -1.94. The molecule has 2 rings (SSSR count). The van der Waals surface area contributed by atoms with Crippen molar-refractivity contribution in [3.05, 3.63) is 59.9 Å². The van der Waals surface area contributed by atoms with Crippen molar-refractivity contribution in [2.75, 3.05) is 5.32 Å². The molecule has 0 aliphatic rings. The summed E-state index contributed by atoms with van der Waals surface area (Å²) in [5.74, 6) is 0. The van der Waals surface area contributed by atoms with Crippen molar-refractivity contribution in [2.24, 2.45) is 0 Å². The summed E-state index contributed by atoms with van der Waals surface area (Å²) in [5, 5.41) is 7.00. The minimum Gasteiger partial charge on any atom is -0.357 e. The first-order chi connectivity index (χ1) is 9.29. The number of anilines is 1. The Balaban J connectivity index is 1.91. The molecule has 1 heterocycles. The minimum absolute atomic E-state index is 0.617. The van der Waals surface area contributed by atoms with Crippen LogP contribution in [0.5, 0.6) is 0 Å². The molecule has 0 radical (unpaired) electrons. The van der Waals surface area contributed by atoms with Gasteiger partial charge in [-0.2, -0.15) is 0 Å². The van der Waals surface area contributed by atoms with Crippen LogP contribution >= 0.6 is 12.2 Å². The molecule has 0 unspecified atom stereocenters. The number of nitrogens with one attached hydrogen (secondary N) is 2. The van der Waals surface area contributed by atoms with E-state index in [-0.39, 0.29) is 0 Å². The van der Waals surface area contributed by atoms with Gasteiger partial charge in [0.05, 0.1) is 12.2 Å². The van der Waals surface area contributed by atoms with E-state index in [1.807, 2.05) is 36.4 Å². The molecule has 2 N–H and O–H groups in total. The maximum Gasteiger partial charge on any atom is 0.171 e. The maximum absolute atomic E-state index is 5.29. The van der Waals surface area contributed by atoms with Crippen LogP contribution in [0.15, 0.2) is 48.7 Å². The Labute approximate surface area is 119 Å². The Kier molecular flexibility index (Phi) is 4.86. The third-order valence-corrected chi connectivity index (χ3v) is 3.05. The van der Waals surface area contributed by atoms with Gasteiger partial charge < -0.3 is 10.6 Å².